The van der Waals surface area contributed by atoms with Gasteiger partial charge in [0.2, 0.25) is 0 Å². The minimum atomic E-state index is 0.672. The summed E-state index contributed by atoms with van der Waals surface area (Å²) in [6, 6.07) is 56.1. The highest BCUT2D eigenvalue weighted by atomic mass is 16.4. The number of nitrogens with zero attached hydrogens (tertiary/aromatic N) is 4. The Morgan fingerprint density at radius 2 is 0.981 bits per heavy atom. The number of hydrogen-bond acceptors (Lipinski definition) is 5. The molecule has 6 aromatic carbocycles. The van der Waals surface area contributed by atoms with Crippen LogP contribution in [-0.2, 0) is 0 Å². The van der Waals surface area contributed by atoms with E-state index in [1.165, 1.54) is 0 Å². The first kappa shape index (κ1) is 29.4. The lowest BCUT2D eigenvalue weighted by atomic mass is 9.99. The van der Waals surface area contributed by atoms with Crippen LogP contribution in [0.2, 0.25) is 0 Å². The summed E-state index contributed by atoms with van der Waals surface area (Å²) in [6.45, 7) is 0. The van der Waals surface area contributed by atoms with Crippen LogP contribution < -0.4 is 0 Å². The molecule has 0 bridgehead atoms. The van der Waals surface area contributed by atoms with E-state index in [1.807, 2.05) is 59.1 Å². The summed E-state index contributed by atoms with van der Waals surface area (Å²) in [5.74, 6) is 0.680. The van der Waals surface area contributed by atoms with Gasteiger partial charge in [0, 0.05) is 39.2 Å². The fraction of sp³-hybridized carbons (Fsp3) is 0. The number of pyridine rings is 2. The molecule has 248 valence electrons. The summed E-state index contributed by atoms with van der Waals surface area (Å²) in [5, 5.41) is 7.90. The molecule has 6 heteroatoms. The zero-order valence-corrected chi connectivity index (χ0v) is 28.3. The molecule has 0 amide bonds. The Kier molecular flexibility index (Phi) is 6.45. The number of rotatable bonds is 5. The fourth-order valence-electron chi connectivity index (χ4n) is 7.47. The largest absolute Gasteiger partial charge is 0.452 e. The number of para-hydroxylation sites is 2. The van der Waals surface area contributed by atoms with Crippen LogP contribution in [0.15, 0.2) is 179 Å². The molecule has 11 aromatic rings. The van der Waals surface area contributed by atoms with E-state index < -0.39 is 0 Å². The van der Waals surface area contributed by atoms with Gasteiger partial charge >= 0.3 is 0 Å². The Balaban J connectivity index is 0.968. The van der Waals surface area contributed by atoms with Gasteiger partial charge < -0.3 is 8.83 Å². The van der Waals surface area contributed by atoms with Crippen LogP contribution in [0.5, 0.6) is 0 Å². The van der Waals surface area contributed by atoms with Crippen molar-refractivity contribution in [2.45, 2.75) is 0 Å². The van der Waals surface area contributed by atoms with E-state index in [4.69, 9.17) is 23.9 Å². The van der Waals surface area contributed by atoms with Gasteiger partial charge in [0.15, 0.2) is 22.6 Å². The standard InChI is InChI=1S/C47H28N4O2/c1-3-11-29(12-4-1)35-27-38(32-13-5-2-6-14-32)47-49-46(50-51(47)28-35)34-25-21-31(22-26-34)30-19-23-33(24-20-30)42-41-36-15-7-9-17-39(36)52-44(41)45-43(48-42)37-16-8-10-18-40(37)53-45/h1-28H. The van der Waals surface area contributed by atoms with Crippen molar-refractivity contribution in [3.63, 3.8) is 0 Å². The van der Waals surface area contributed by atoms with Crippen molar-refractivity contribution in [3.8, 4) is 56.0 Å². The normalized spacial score (nSPS) is 11.8. The van der Waals surface area contributed by atoms with Gasteiger partial charge in [0.1, 0.15) is 16.7 Å². The van der Waals surface area contributed by atoms with Gasteiger partial charge in [-0.15, -0.1) is 5.10 Å². The molecule has 53 heavy (non-hydrogen) atoms. The van der Waals surface area contributed by atoms with E-state index in [0.29, 0.717) is 11.4 Å². The van der Waals surface area contributed by atoms with E-state index >= 15 is 0 Å². The van der Waals surface area contributed by atoms with Crippen LogP contribution in [0.4, 0.5) is 0 Å². The monoisotopic (exact) mass is 680 g/mol. The molecule has 0 saturated carbocycles. The van der Waals surface area contributed by atoms with Gasteiger partial charge in [-0.05, 0) is 46.5 Å². The van der Waals surface area contributed by atoms with Crippen LogP contribution in [0, 0.1) is 0 Å². The zero-order chi connectivity index (χ0) is 34.9. The van der Waals surface area contributed by atoms with Crippen molar-refractivity contribution < 1.29 is 8.83 Å². The molecule has 0 fully saturated rings. The van der Waals surface area contributed by atoms with Crippen molar-refractivity contribution in [2.75, 3.05) is 0 Å². The summed E-state index contributed by atoms with van der Waals surface area (Å²) >= 11 is 0. The summed E-state index contributed by atoms with van der Waals surface area (Å²) in [7, 11) is 0. The summed E-state index contributed by atoms with van der Waals surface area (Å²) < 4.78 is 14.6. The van der Waals surface area contributed by atoms with Crippen LogP contribution in [0.25, 0.3) is 106 Å². The highest BCUT2D eigenvalue weighted by Gasteiger charge is 2.22. The third-order valence-corrected chi connectivity index (χ3v) is 10.1. The van der Waals surface area contributed by atoms with Crippen LogP contribution in [0.3, 0.4) is 0 Å². The second-order valence-corrected chi connectivity index (χ2v) is 13.3. The molecule has 0 aliphatic carbocycles. The maximum absolute atomic E-state index is 6.43. The van der Waals surface area contributed by atoms with Gasteiger partial charge in [-0.3, -0.25) is 0 Å². The predicted molar refractivity (Wildman–Crippen MR) is 213 cm³/mol. The number of hydrogen-bond donors (Lipinski definition) is 0. The highest BCUT2D eigenvalue weighted by Crippen LogP contribution is 2.42. The second-order valence-electron chi connectivity index (χ2n) is 13.3. The van der Waals surface area contributed by atoms with Crippen molar-refractivity contribution in [3.05, 3.63) is 170 Å². The Morgan fingerprint density at radius 1 is 0.434 bits per heavy atom. The average molecular weight is 681 g/mol. The predicted octanol–water partition coefficient (Wildman–Crippen LogP) is 12.3. The van der Waals surface area contributed by atoms with E-state index in [-0.39, 0.29) is 0 Å². The Bertz CT molecular complexity index is 3140. The van der Waals surface area contributed by atoms with Gasteiger partial charge in [-0.2, -0.15) is 0 Å². The van der Waals surface area contributed by atoms with Gasteiger partial charge in [-0.1, -0.05) is 140 Å². The quantitative estimate of drug-likeness (QED) is 0.181. The Labute approximate surface area is 303 Å². The molecule has 11 rings (SSSR count). The number of furan rings is 2. The highest BCUT2D eigenvalue weighted by molar-refractivity contribution is 6.21. The van der Waals surface area contributed by atoms with Crippen LogP contribution >= 0.6 is 0 Å². The Hall–Kier alpha value is -7.31. The maximum Gasteiger partial charge on any atom is 0.197 e. The van der Waals surface area contributed by atoms with Crippen LogP contribution in [-0.4, -0.2) is 19.6 Å². The van der Waals surface area contributed by atoms with Crippen molar-refractivity contribution in [1.29, 1.82) is 0 Å². The summed E-state index contributed by atoms with van der Waals surface area (Å²) in [5.41, 5.74) is 14.0. The SMILES string of the molecule is c1ccc(-c2cc(-c3ccccc3)c3nc(-c4ccc(-c5ccc(-c6nc7c8ccccc8oc7c7oc8ccccc8c67)cc5)cc4)nn3c2)cc1. The third kappa shape index (κ3) is 4.77. The van der Waals surface area contributed by atoms with Gasteiger partial charge in [0.25, 0.3) is 0 Å². The average Bonchev–Trinajstić information content (AvgIpc) is 3.95. The molecule has 0 N–H and O–H groups in total. The smallest absolute Gasteiger partial charge is 0.197 e. The summed E-state index contributed by atoms with van der Waals surface area (Å²) in [4.78, 5) is 10.3. The van der Waals surface area contributed by atoms with E-state index in [0.717, 1.165) is 94.3 Å². The molecular formula is C47H28N4O2. The summed E-state index contributed by atoms with van der Waals surface area (Å²) in [6.07, 6.45) is 2.06. The van der Waals surface area contributed by atoms with Crippen molar-refractivity contribution in [1.82, 2.24) is 19.6 Å². The zero-order valence-electron chi connectivity index (χ0n) is 28.3. The molecule has 0 atom stereocenters. The van der Waals surface area contributed by atoms with Gasteiger partial charge in [0.05, 0.1) is 11.1 Å². The number of aromatic nitrogens is 4. The lowest BCUT2D eigenvalue weighted by Gasteiger charge is -2.08. The first-order valence-corrected chi connectivity index (χ1v) is 17.6. The van der Waals surface area contributed by atoms with Crippen molar-refractivity contribution in [2.24, 2.45) is 0 Å². The minimum absolute atomic E-state index is 0.672. The molecule has 5 heterocycles. The molecule has 6 nitrogen and oxygen atoms in total. The first-order chi connectivity index (χ1) is 26.2. The number of benzene rings is 6. The maximum atomic E-state index is 6.43. The Morgan fingerprint density at radius 3 is 1.70 bits per heavy atom. The minimum Gasteiger partial charge on any atom is -0.452 e. The molecule has 5 aromatic heterocycles. The molecule has 0 radical (unpaired) electrons. The molecule has 0 spiro atoms. The molecular weight excluding hydrogens is 653 g/mol. The van der Waals surface area contributed by atoms with E-state index in [2.05, 4.69) is 115 Å². The second kappa shape index (κ2) is 11.6. The molecule has 0 unspecified atom stereocenters. The molecule has 0 aliphatic rings. The third-order valence-electron chi connectivity index (χ3n) is 10.1. The van der Waals surface area contributed by atoms with Crippen molar-refractivity contribution >= 4 is 49.7 Å². The fourth-order valence-corrected chi connectivity index (χ4v) is 7.47. The van der Waals surface area contributed by atoms with Gasteiger partial charge in [-0.25, -0.2) is 14.5 Å². The van der Waals surface area contributed by atoms with Crippen LogP contribution in [0.1, 0.15) is 0 Å². The lowest BCUT2D eigenvalue weighted by molar-refractivity contribution is 0.633. The lowest BCUT2D eigenvalue weighted by Crippen LogP contribution is -1.93. The number of fused-ring (bicyclic) bond motifs is 8. The first-order valence-electron chi connectivity index (χ1n) is 17.6. The topological polar surface area (TPSA) is 69.4 Å². The van der Waals surface area contributed by atoms with E-state index in [9.17, 15) is 0 Å². The molecule has 0 saturated heterocycles. The van der Waals surface area contributed by atoms with E-state index in [1.54, 1.807) is 0 Å². The molecule has 0 aliphatic heterocycles.